The number of carboxylic acids is 1. The van der Waals surface area contributed by atoms with Crippen LogP contribution >= 0.6 is 0 Å². The van der Waals surface area contributed by atoms with Gasteiger partial charge in [0.2, 0.25) is 0 Å². The number of ether oxygens (including phenoxy) is 1. The molecule has 0 aromatic rings. The maximum Gasteiger partial charge on any atom is 0.334 e. The van der Waals surface area contributed by atoms with Crippen LogP contribution in [-0.2, 0) is 14.3 Å². The number of carbonyl (C=O) groups is 2. The van der Waals surface area contributed by atoms with Crippen LogP contribution in [0.25, 0.3) is 0 Å². The van der Waals surface area contributed by atoms with Crippen molar-refractivity contribution in [2.75, 3.05) is 6.61 Å². The number of rotatable bonds is 4. The number of hydrogen-bond acceptors (Lipinski definition) is 3. The summed E-state index contributed by atoms with van der Waals surface area (Å²) in [4.78, 5) is 19.8. The molecule has 0 saturated carbocycles. The molecule has 0 bridgehead atoms. The van der Waals surface area contributed by atoms with E-state index in [4.69, 9.17) is 5.11 Å². The second-order valence-electron chi connectivity index (χ2n) is 1.53. The molecule has 0 amide bonds. The summed E-state index contributed by atoms with van der Waals surface area (Å²) < 4.78 is 4.22. The zero-order valence-electron chi connectivity index (χ0n) is 5.53. The Morgan fingerprint density at radius 1 is 1.50 bits per heavy atom. The summed E-state index contributed by atoms with van der Waals surface area (Å²) in [5, 5.41) is 8.34. The third-order valence-corrected chi connectivity index (χ3v) is 0.930. The van der Waals surface area contributed by atoms with Gasteiger partial charge in [0, 0.05) is 0 Å². The summed E-state index contributed by atoms with van der Waals surface area (Å²) in [6.45, 7) is 1.61. The van der Waals surface area contributed by atoms with Crippen LogP contribution in [-0.4, -0.2) is 24.2 Å². The molecule has 72 valence electrons. The van der Waals surface area contributed by atoms with E-state index in [1.54, 1.807) is 6.92 Å². The summed E-state index contributed by atoms with van der Waals surface area (Å²) in [5.41, 5.74) is 0.0760. The summed E-state index contributed by atoms with van der Waals surface area (Å²) in [6.07, 6.45) is 1.38. The lowest BCUT2D eigenvalue weighted by molar-refractivity contribution is -0.134. The molecular weight excluding hydrogens is 160 g/mol. The second kappa shape index (κ2) is 9.68. The van der Waals surface area contributed by atoms with Gasteiger partial charge in [0.15, 0.2) is 0 Å². The largest absolute Gasteiger partial charge is 0.478 e. The predicted octanol–water partition coefficient (Wildman–Crippen LogP) is 1.46. The first-order chi connectivity index (χ1) is 4.72. The fraction of sp³-hybridized carbons (Fsp3) is 0.500. The van der Waals surface area contributed by atoms with Gasteiger partial charge in [0.25, 0.3) is 6.47 Å². The zero-order chi connectivity index (χ0) is 7.98. The van der Waals surface area contributed by atoms with Crippen molar-refractivity contribution in [1.29, 1.82) is 0 Å². The van der Waals surface area contributed by atoms with Crippen molar-refractivity contribution in [1.82, 2.24) is 0 Å². The standard InChI is InChI=1S/C6H8O4.2CH4/c1-2-5(6(8)9)3-10-4-7;;/h2,4H,3H2,1H3,(H,8,9);2*1H4. The molecule has 4 nitrogen and oxygen atoms in total. The summed E-state index contributed by atoms with van der Waals surface area (Å²) in [7, 11) is 0. The Morgan fingerprint density at radius 2 is 2.00 bits per heavy atom. The third kappa shape index (κ3) is 6.80. The first kappa shape index (κ1) is 17.0. The topological polar surface area (TPSA) is 63.6 Å². The van der Waals surface area contributed by atoms with E-state index >= 15 is 0 Å². The zero-order valence-corrected chi connectivity index (χ0v) is 5.53. The van der Waals surface area contributed by atoms with Gasteiger partial charge in [-0.1, -0.05) is 20.9 Å². The summed E-state index contributed by atoms with van der Waals surface area (Å²) in [6, 6.07) is 0. The molecule has 0 unspecified atom stereocenters. The Hall–Kier alpha value is -1.32. The highest BCUT2D eigenvalue weighted by Crippen LogP contribution is 1.93. The molecule has 0 aliphatic carbocycles. The van der Waals surface area contributed by atoms with Crippen molar-refractivity contribution in [3.05, 3.63) is 11.6 Å². The number of carbonyl (C=O) groups excluding carboxylic acids is 1. The molecule has 12 heavy (non-hydrogen) atoms. The highest BCUT2D eigenvalue weighted by molar-refractivity contribution is 5.86. The van der Waals surface area contributed by atoms with Crippen LogP contribution in [0.15, 0.2) is 11.6 Å². The molecule has 0 radical (unpaired) electrons. The van der Waals surface area contributed by atoms with E-state index < -0.39 is 5.97 Å². The number of allylic oxidation sites excluding steroid dienone is 1. The van der Waals surface area contributed by atoms with Gasteiger partial charge in [-0.05, 0) is 6.92 Å². The maximum atomic E-state index is 10.2. The van der Waals surface area contributed by atoms with Gasteiger partial charge in [-0.2, -0.15) is 0 Å². The number of carboxylic acid groups (broad SMARTS) is 1. The minimum atomic E-state index is -1.07. The highest BCUT2D eigenvalue weighted by atomic mass is 16.5. The van der Waals surface area contributed by atoms with Gasteiger partial charge in [0.1, 0.15) is 6.61 Å². The minimum absolute atomic E-state index is 0. The Labute approximate surface area is 72.8 Å². The fourth-order valence-electron chi connectivity index (χ4n) is 0.392. The molecule has 0 aliphatic rings. The lowest BCUT2D eigenvalue weighted by Crippen LogP contribution is -2.06. The van der Waals surface area contributed by atoms with Gasteiger partial charge in [-0.3, -0.25) is 4.79 Å². The first-order valence-electron chi connectivity index (χ1n) is 2.66. The van der Waals surface area contributed by atoms with Crippen LogP contribution in [0.5, 0.6) is 0 Å². The normalized spacial score (nSPS) is 8.92. The van der Waals surface area contributed by atoms with Gasteiger partial charge in [-0.15, -0.1) is 0 Å². The molecule has 1 N–H and O–H groups in total. The molecule has 0 rings (SSSR count). The minimum Gasteiger partial charge on any atom is -0.478 e. The Balaban J connectivity index is -0.000000405. The monoisotopic (exact) mass is 176 g/mol. The highest BCUT2D eigenvalue weighted by Gasteiger charge is 2.04. The summed E-state index contributed by atoms with van der Waals surface area (Å²) in [5.74, 6) is -1.07. The van der Waals surface area contributed by atoms with Crippen molar-refractivity contribution in [2.24, 2.45) is 0 Å². The molecule has 0 aliphatic heterocycles. The lowest BCUT2D eigenvalue weighted by atomic mass is 10.3. The van der Waals surface area contributed by atoms with Gasteiger partial charge in [0.05, 0.1) is 5.57 Å². The van der Waals surface area contributed by atoms with E-state index in [0.717, 1.165) is 0 Å². The molecule has 0 aromatic carbocycles. The van der Waals surface area contributed by atoms with Crippen LogP contribution < -0.4 is 0 Å². The van der Waals surface area contributed by atoms with Crippen molar-refractivity contribution in [3.63, 3.8) is 0 Å². The van der Waals surface area contributed by atoms with E-state index in [1.165, 1.54) is 6.08 Å². The average molecular weight is 176 g/mol. The molecule has 0 spiro atoms. The van der Waals surface area contributed by atoms with E-state index in [0.29, 0.717) is 0 Å². The molecular formula is C8H16O4. The molecule has 0 aromatic heterocycles. The smallest absolute Gasteiger partial charge is 0.334 e. The van der Waals surface area contributed by atoms with Gasteiger partial charge < -0.3 is 9.84 Å². The van der Waals surface area contributed by atoms with Crippen LogP contribution in [0.1, 0.15) is 21.8 Å². The van der Waals surface area contributed by atoms with Crippen LogP contribution in [0.3, 0.4) is 0 Å². The van der Waals surface area contributed by atoms with Crippen molar-refractivity contribution in [3.8, 4) is 0 Å². The molecule has 0 atom stereocenters. The number of hydrogen-bond donors (Lipinski definition) is 1. The molecule has 0 fully saturated rings. The lowest BCUT2D eigenvalue weighted by Gasteiger charge is -1.96. The van der Waals surface area contributed by atoms with Crippen LogP contribution in [0, 0.1) is 0 Å². The van der Waals surface area contributed by atoms with E-state index in [2.05, 4.69) is 4.74 Å². The van der Waals surface area contributed by atoms with E-state index in [9.17, 15) is 9.59 Å². The van der Waals surface area contributed by atoms with Crippen molar-refractivity contribution < 1.29 is 19.4 Å². The second-order valence-corrected chi connectivity index (χ2v) is 1.53. The van der Waals surface area contributed by atoms with Gasteiger partial charge >= 0.3 is 5.97 Å². The third-order valence-electron chi connectivity index (χ3n) is 0.930. The molecule has 0 saturated heterocycles. The first-order valence-corrected chi connectivity index (χ1v) is 2.66. The predicted molar refractivity (Wildman–Crippen MR) is 46.9 cm³/mol. The Bertz CT molecular complexity index is 160. The Morgan fingerprint density at radius 3 is 2.25 bits per heavy atom. The van der Waals surface area contributed by atoms with E-state index in [-0.39, 0.29) is 33.5 Å². The quantitative estimate of drug-likeness (QED) is 0.520. The van der Waals surface area contributed by atoms with E-state index in [1.807, 2.05) is 0 Å². The van der Waals surface area contributed by atoms with Crippen molar-refractivity contribution in [2.45, 2.75) is 21.8 Å². The van der Waals surface area contributed by atoms with Crippen molar-refractivity contribution >= 4 is 12.4 Å². The average Bonchev–Trinajstić information content (AvgIpc) is 1.89. The molecule has 4 heteroatoms. The molecule has 0 heterocycles. The Kier molecular flexibility index (Phi) is 13.7. The van der Waals surface area contributed by atoms with Gasteiger partial charge in [-0.25, -0.2) is 4.79 Å². The maximum absolute atomic E-state index is 10.2. The number of aliphatic carboxylic acids is 1. The fourth-order valence-corrected chi connectivity index (χ4v) is 0.392. The van der Waals surface area contributed by atoms with Crippen LogP contribution in [0.2, 0.25) is 0 Å². The van der Waals surface area contributed by atoms with Crippen LogP contribution in [0.4, 0.5) is 0 Å². The SMILES string of the molecule is C.C.CC=C(COC=O)C(=O)O. The summed E-state index contributed by atoms with van der Waals surface area (Å²) >= 11 is 0.